The standard InChI is InChI=1S/C25H30N4O3/c1-15-10-16(2)22(11-21(15)23-17(3)24(28-27-23)32-9-8-30)25(31)29-13-20(14-29)19-6-4-18(12-26)5-7-19/h4-7,10-11,17,20,23-24,27-28,30H,8-9,13-14H2,1-3H3. The van der Waals surface area contributed by atoms with Gasteiger partial charge < -0.3 is 14.7 Å². The van der Waals surface area contributed by atoms with E-state index in [1.54, 1.807) is 0 Å². The minimum Gasteiger partial charge on any atom is -0.394 e. The highest BCUT2D eigenvalue weighted by Crippen LogP contribution is 2.34. The number of hydrogen-bond donors (Lipinski definition) is 3. The number of benzene rings is 2. The summed E-state index contributed by atoms with van der Waals surface area (Å²) in [7, 11) is 0. The molecular weight excluding hydrogens is 404 g/mol. The number of amides is 1. The van der Waals surface area contributed by atoms with Gasteiger partial charge in [0.2, 0.25) is 0 Å². The van der Waals surface area contributed by atoms with E-state index in [4.69, 9.17) is 15.1 Å². The van der Waals surface area contributed by atoms with Crippen LogP contribution in [-0.2, 0) is 4.74 Å². The lowest BCUT2D eigenvalue weighted by Gasteiger charge is -2.40. The molecule has 0 aliphatic carbocycles. The molecule has 2 saturated heterocycles. The van der Waals surface area contributed by atoms with Gasteiger partial charge in [-0.15, -0.1) is 0 Å². The molecule has 2 fully saturated rings. The Kier molecular flexibility index (Phi) is 6.58. The average Bonchev–Trinajstić information content (AvgIpc) is 3.11. The third-order valence-electron chi connectivity index (χ3n) is 6.63. The van der Waals surface area contributed by atoms with Crippen molar-refractivity contribution >= 4 is 5.91 Å². The van der Waals surface area contributed by atoms with Crippen molar-refractivity contribution in [1.29, 1.82) is 5.26 Å². The maximum Gasteiger partial charge on any atom is 0.254 e. The van der Waals surface area contributed by atoms with Crippen molar-refractivity contribution in [3.05, 3.63) is 69.8 Å². The first-order valence-electron chi connectivity index (χ1n) is 11.1. The molecule has 2 aromatic rings. The Morgan fingerprint density at radius 2 is 1.91 bits per heavy atom. The molecule has 7 heteroatoms. The fourth-order valence-electron chi connectivity index (χ4n) is 4.63. The Bertz CT molecular complexity index is 1020. The summed E-state index contributed by atoms with van der Waals surface area (Å²) in [5, 5.41) is 18.0. The number of ether oxygens (including phenoxy) is 1. The molecule has 2 heterocycles. The van der Waals surface area contributed by atoms with E-state index in [0.29, 0.717) is 24.6 Å². The second-order valence-corrected chi connectivity index (χ2v) is 8.81. The van der Waals surface area contributed by atoms with Gasteiger partial charge in [-0.2, -0.15) is 5.26 Å². The molecule has 0 radical (unpaired) electrons. The molecule has 168 valence electrons. The van der Waals surface area contributed by atoms with Gasteiger partial charge in [0.05, 0.1) is 30.9 Å². The van der Waals surface area contributed by atoms with Crippen LogP contribution in [-0.4, -0.2) is 48.4 Å². The highest BCUT2D eigenvalue weighted by atomic mass is 16.5. The largest absolute Gasteiger partial charge is 0.394 e. The van der Waals surface area contributed by atoms with Gasteiger partial charge in [0, 0.05) is 30.5 Å². The molecule has 3 atom stereocenters. The maximum atomic E-state index is 13.3. The first-order chi connectivity index (χ1) is 15.4. The van der Waals surface area contributed by atoms with Gasteiger partial charge in [-0.1, -0.05) is 25.1 Å². The third-order valence-corrected chi connectivity index (χ3v) is 6.63. The molecule has 1 amide bonds. The minimum absolute atomic E-state index is 0.00799. The second kappa shape index (κ2) is 9.39. The quantitative estimate of drug-likeness (QED) is 0.646. The van der Waals surface area contributed by atoms with Crippen LogP contribution in [0.2, 0.25) is 0 Å². The Morgan fingerprint density at radius 3 is 2.56 bits per heavy atom. The number of nitriles is 1. The van der Waals surface area contributed by atoms with E-state index in [9.17, 15) is 4.79 Å². The second-order valence-electron chi connectivity index (χ2n) is 8.81. The summed E-state index contributed by atoms with van der Waals surface area (Å²) in [4.78, 5) is 15.2. The van der Waals surface area contributed by atoms with Crippen molar-refractivity contribution in [3.63, 3.8) is 0 Å². The SMILES string of the molecule is Cc1cc(C)c(C2NNC(OCCO)C2C)cc1C(=O)N1CC(c2ccc(C#N)cc2)C1. The zero-order valence-corrected chi connectivity index (χ0v) is 18.8. The minimum atomic E-state index is -0.199. The number of rotatable bonds is 6. The molecule has 4 rings (SSSR count). The molecular formula is C25H30N4O3. The monoisotopic (exact) mass is 434 g/mol. The molecule has 32 heavy (non-hydrogen) atoms. The summed E-state index contributed by atoms with van der Waals surface area (Å²) < 4.78 is 5.67. The molecule has 0 saturated carbocycles. The number of hydrogen-bond acceptors (Lipinski definition) is 6. The number of carbonyl (C=O) groups excluding carboxylic acids is 1. The van der Waals surface area contributed by atoms with Gasteiger partial charge in [0.1, 0.15) is 6.23 Å². The fraction of sp³-hybridized carbons (Fsp3) is 0.440. The normalized spacial score (nSPS) is 23.1. The van der Waals surface area contributed by atoms with Crippen LogP contribution in [0.25, 0.3) is 0 Å². The lowest BCUT2D eigenvalue weighted by atomic mass is 9.87. The van der Waals surface area contributed by atoms with Crippen LogP contribution in [0.15, 0.2) is 36.4 Å². The van der Waals surface area contributed by atoms with E-state index in [-0.39, 0.29) is 37.3 Å². The van der Waals surface area contributed by atoms with E-state index in [0.717, 1.165) is 22.3 Å². The van der Waals surface area contributed by atoms with Crippen LogP contribution < -0.4 is 10.9 Å². The molecule has 0 bridgehead atoms. The zero-order chi connectivity index (χ0) is 22.8. The van der Waals surface area contributed by atoms with Crippen LogP contribution in [0.4, 0.5) is 0 Å². The molecule has 3 unspecified atom stereocenters. The van der Waals surface area contributed by atoms with Crippen LogP contribution >= 0.6 is 0 Å². The van der Waals surface area contributed by atoms with E-state index in [2.05, 4.69) is 36.8 Å². The van der Waals surface area contributed by atoms with Gasteiger partial charge in [-0.3, -0.25) is 4.79 Å². The predicted octanol–water partition coefficient (Wildman–Crippen LogP) is 2.53. The average molecular weight is 435 g/mol. The van der Waals surface area contributed by atoms with Crippen molar-refractivity contribution in [2.75, 3.05) is 26.3 Å². The lowest BCUT2D eigenvalue weighted by Crippen LogP contribution is -2.48. The number of hydrazine groups is 1. The first kappa shape index (κ1) is 22.4. The highest BCUT2D eigenvalue weighted by molar-refractivity contribution is 5.96. The smallest absolute Gasteiger partial charge is 0.254 e. The van der Waals surface area contributed by atoms with Crippen molar-refractivity contribution in [3.8, 4) is 6.07 Å². The number of nitrogens with zero attached hydrogens (tertiary/aromatic N) is 2. The number of likely N-dealkylation sites (tertiary alicyclic amines) is 1. The number of nitrogens with one attached hydrogen (secondary N) is 2. The molecule has 2 aliphatic heterocycles. The molecule has 3 N–H and O–H groups in total. The number of aryl methyl sites for hydroxylation is 2. The Balaban J connectivity index is 1.47. The Hall–Kier alpha value is -2.76. The number of aliphatic hydroxyl groups excluding tert-OH is 1. The van der Waals surface area contributed by atoms with E-state index < -0.39 is 0 Å². The van der Waals surface area contributed by atoms with Gasteiger partial charge in [-0.05, 0) is 54.3 Å². The lowest BCUT2D eigenvalue weighted by molar-refractivity contribution is -0.00406. The van der Waals surface area contributed by atoms with Crippen molar-refractivity contribution in [2.24, 2.45) is 5.92 Å². The molecule has 2 aromatic carbocycles. The molecule has 0 spiro atoms. The third kappa shape index (κ3) is 4.27. The van der Waals surface area contributed by atoms with Crippen LogP contribution in [0.5, 0.6) is 0 Å². The molecule has 2 aliphatic rings. The number of aliphatic hydroxyl groups is 1. The summed E-state index contributed by atoms with van der Waals surface area (Å²) in [5.41, 5.74) is 12.2. The first-order valence-corrected chi connectivity index (χ1v) is 11.1. The Morgan fingerprint density at radius 1 is 1.19 bits per heavy atom. The van der Waals surface area contributed by atoms with Crippen molar-refractivity contribution in [1.82, 2.24) is 15.8 Å². The van der Waals surface area contributed by atoms with Gasteiger partial charge >= 0.3 is 0 Å². The predicted molar refractivity (Wildman–Crippen MR) is 121 cm³/mol. The summed E-state index contributed by atoms with van der Waals surface area (Å²) in [5.74, 6) is 0.498. The van der Waals surface area contributed by atoms with Crippen molar-refractivity contribution < 1.29 is 14.6 Å². The van der Waals surface area contributed by atoms with E-state index in [1.807, 2.05) is 42.2 Å². The van der Waals surface area contributed by atoms with Crippen LogP contribution in [0, 0.1) is 31.1 Å². The van der Waals surface area contributed by atoms with Gasteiger partial charge in [0.15, 0.2) is 0 Å². The summed E-state index contributed by atoms with van der Waals surface area (Å²) in [6.45, 7) is 7.78. The zero-order valence-electron chi connectivity index (χ0n) is 18.8. The number of carbonyl (C=O) groups is 1. The molecule has 7 nitrogen and oxygen atoms in total. The maximum absolute atomic E-state index is 13.3. The van der Waals surface area contributed by atoms with Gasteiger partial charge in [0.25, 0.3) is 5.91 Å². The summed E-state index contributed by atoms with van der Waals surface area (Å²) >= 11 is 0. The highest BCUT2D eigenvalue weighted by Gasteiger charge is 2.37. The summed E-state index contributed by atoms with van der Waals surface area (Å²) in [6.07, 6.45) is -0.199. The fourth-order valence-corrected chi connectivity index (χ4v) is 4.63. The van der Waals surface area contributed by atoms with Crippen LogP contribution in [0.3, 0.4) is 0 Å². The molecule has 0 aromatic heterocycles. The van der Waals surface area contributed by atoms with Crippen molar-refractivity contribution in [2.45, 2.75) is 39.0 Å². The van der Waals surface area contributed by atoms with Crippen LogP contribution in [0.1, 0.15) is 57.1 Å². The van der Waals surface area contributed by atoms with E-state index in [1.165, 1.54) is 5.56 Å². The summed E-state index contributed by atoms with van der Waals surface area (Å²) in [6, 6.07) is 13.9. The van der Waals surface area contributed by atoms with Gasteiger partial charge in [-0.25, -0.2) is 10.9 Å². The van der Waals surface area contributed by atoms with E-state index >= 15 is 0 Å². The topological polar surface area (TPSA) is 97.6 Å². The Labute approximate surface area is 189 Å².